The molecule has 2 aromatic carbocycles. The van der Waals surface area contributed by atoms with Gasteiger partial charge >= 0.3 is 0 Å². The van der Waals surface area contributed by atoms with Gasteiger partial charge in [-0.1, -0.05) is 24.3 Å². The zero-order valence-electron chi connectivity index (χ0n) is 22.2. The monoisotopic (exact) mass is 487 g/mol. The summed E-state index contributed by atoms with van der Waals surface area (Å²) in [5, 5.41) is 3.19. The molecular weight excluding hydrogens is 450 g/mol. The third kappa shape index (κ3) is 5.46. The van der Waals surface area contributed by atoms with Crippen LogP contribution >= 0.6 is 0 Å². The summed E-state index contributed by atoms with van der Waals surface area (Å²) in [6.45, 7) is 7.96. The molecule has 1 atom stereocenters. The van der Waals surface area contributed by atoms with Gasteiger partial charge in [0.05, 0.1) is 6.04 Å². The van der Waals surface area contributed by atoms with E-state index in [-0.39, 0.29) is 17.9 Å². The number of anilines is 1. The van der Waals surface area contributed by atoms with Crippen LogP contribution in [-0.4, -0.2) is 73.5 Å². The van der Waals surface area contributed by atoms with E-state index in [1.807, 2.05) is 68.1 Å². The highest BCUT2D eigenvalue weighted by Crippen LogP contribution is 2.26. The van der Waals surface area contributed by atoms with E-state index in [0.717, 1.165) is 54.1 Å². The fourth-order valence-corrected chi connectivity index (χ4v) is 4.63. The summed E-state index contributed by atoms with van der Waals surface area (Å²) < 4.78 is 1.85. The van der Waals surface area contributed by atoms with E-state index < -0.39 is 0 Å². The standard InChI is InChI=1S/C29H37N5O2/c1-20-10-11-25(34-14-12-32(5)13-15-34)18-26(20)28(35)30-21(2)22-8-7-9-23(16-22)24-17-27(33(6)19-24)29(36)31(3)4/h7-11,16-19,21H,12-15H2,1-6H3,(H,30,35). The van der Waals surface area contributed by atoms with Crippen molar-refractivity contribution in [1.29, 1.82) is 0 Å². The van der Waals surface area contributed by atoms with Gasteiger partial charge in [0.25, 0.3) is 11.8 Å². The smallest absolute Gasteiger partial charge is 0.269 e. The van der Waals surface area contributed by atoms with Crippen molar-refractivity contribution < 1.29 is 9.59 Å². The lowest BCUT2D eigenvalue weighted by molar-refractivity contribution is 0.0818. The number of nitrogens with one attached hydrogen (secondary N) is 1. The number of amides is 2. The SMILES string of the molecule is Cc1ccc(N2CCN(C)CC2)cc1C(=O)NC(C)c1cccc(-c2cc(C(=O)N(C)C)n(C)c2)c1. The quantitative estimate of drug-likeness (QED) is 0.572. The second-order valence-corrected chi connectivity index (χ2v) is 10.0. The number of hydrogen-bond donors (Lipinski definition) is 1. The molecule has 4 rings (SSSR count). The molecule has 3 aromatic rings. The van der Waals surface area contributed by atoms with Gasteiger partial charge < -0.3 is 24.6 Å². The summed E-state index contributed by atoms with van der Waals surface area (Å²) in [7, 11) is 7.53. The van der Waals surface area contributed by atoms with Gasteiger partial charge in [-0.2, -0.15) is 0 Å². The van der Waals surface area contributed by atoms with Gasteiger partial charge in [0.2, 0.25) is 0 Å². The average molecular weight is 488 g/mol. The molecular formula is C29H37N5O2. The Morgan fingerprint density at radius 3 is 2.36 bits per heavy atom. The molecule has 1 aliphatic rings. The third-order valence-electron chi connectivity index (χ3n) is 7.03. The van der Waals surface area contributed by atoms with Gasteiger partial charge in [0.1, 0.15) is 5.69 Å². The average Bonchev–Trinajstić information content (AvgIpc) is 3.25. The molecule has 190 valence electrons. The Bertz CT molecular complexity index is 1250. The van der Waals surface area contributed by atoms with Crippen LogP contribution < -0.4 is 10.2 Å². The Kier molecular flexibility index (Phi) is 7.50. The van der Waals surface area contributed by atoms with Crippen LogP contribution in [0.2, 0.25) is 0 Å². The first kappa shape index (κ1) is 25.5. The molecule has 0 aliphatic carbocycles. The van der Waals surface area contributed by atoms with Crippen LogP contribution in [0.3, 0.4) is 0 Å². The van der Waals surface area contributed by atoms with Crippen molar-refractivity contribution in [2.24, 2.45) is 7.05 Å². The summed E-state index contributed by atoms with van der Waals surface area (Å²) in [6.07, 6.45) is 1.96. The largest absolute Gasteiger partial charge is 0.369 e. The highest BCUT2D eigenvalue weighted by atomic mass is 16.2. The zero-order valence-corrected chi connectivity index (χ0v) is 22.2. The Morgan fingerprint density at radius 1 is 0.944 bits per heavy atom. The van der Waals surface area contributed by atoms with Gasteiger partial charge in [0, 0.05) is 70.3 Å². The molecule has 1 aliphatic heterocycles. The second-order valence-electron chi connectivity index (χ2n) is 10.0. The lowest BCUT2D eigenvalue weighted by Crippen LogP contribution is -2.44. The topological polar surface area (TPSA) is 60.8 Å². The lowest BCUT2D eigenvalue weighted by Gasteiger charge is -2.34. The molecule has 2 heterocycles. The van der Waals surface area contributed by atoms with Crippen molar-refractivity contribution in [3.05, 3.63) is 77.1 Å². The molecule has 0 spiro atoms. The molecule has 1 aromatic heterocycles. The van der Waals surface area contributed by atoms with Gasteiger partial charge in [-0.25, -0.2) is 0 Å². The van der Waals surface area contributed by atoms with E-state index in [1.165, 1.54) is 0 Å². The number of aromatic nitrogens is 1. The van der Waals surface area contributed by atoms with Crippen molar-refractivity contribution in [1.82, 2.24) is 19.7 Å². The maximum Gasteiger partial charge on any atom is 0.269 e. The maximum atomic E-state index is 13.3. The van der Waals surface area contributed by atoms with Crippen LogP contribution in [-0.2, 0) is 7.05 Å². The highest BCUT2D eigenvalue weighted by Gasteiger charge is 2.19. The number of carbonyl (C=O) groups is 2. The maximum absolute atomic E-state index is 13.3. The molecule has 1 unspecified atom stereocenters. The first-order valence-electron chi connectivity index (χ1n) is 12.5. The number of nitrogens with zero attached hydrogens (tertiary/aromatic N) is 4. The highest BCUT2D eigenvalue weighted by molar-refractivity contribution is 5.97. The zero-order chi connectivity index (χ0) is 26.0. The molecule has 36 heavy (non-hydrogen) atoms. The van der Waals surface area contributed by atoms with E-state index in [1.54, 1.807) is 19.0 Å². The van der Waals surface area contributed by atoms with Crippen LogP contribution in [0.1, 0.15) is 44.9 Å². The minimum absolute atomic E-state index is 0.0327. The van der Waals surface area contributed by atoms with Crippen LogP contribution in [0.15, 0.2) is 54.7 Å². The van der Waals surface area contributed by atoms with Gasteiger partial charge in [-0.15, -0.1) is 0 Å². The minimum Gasteiger partial charge on any atom is -0.369 e. The molecule has 0 radical (unpaired) electrons. The summed E-state index contributed by atoms with van der Waals surface area (Å²) >= 11 is 0. The van der Waals surface area contributed by atoms with E-state index in [2.05, 4.69) is 34.3 Å². The van der Waals surface area contributed by atoms with Gasteiger partial charge in [-0.05, 0) is 61.9 Å². The van der Waals surface area contributed by atoms with Crippen LogP contribution in [0, 0.1) is 6.92 Å². The van der Waals surface area contributed by atoms with Crippen molar-refractivity contribution >= 4 is 17.5 Å². The number of hydrogen-bond acceptors (Lipinski definition) is 4. The number of piperazine rings is 1. The van der Waals surface area contributed by atoms with Crippen LogP contribution in [0.5, 0.6) is 0 Å². The van der Waals surface area contributed by atoms with Crippen molar-refractivity contribution in [2.75, 3.05) is 52.2 Å². The molecule has 0 saturated carbocycles. The normalized spacial score (nSPS) is 15.0. The number of benzene rings is 2. The first-order valence-corrected chi connectivity index (χ1v) is 12.5. The van der Waals surface area contributed by atoms with Gasteiger partial charge in [0.15, 0.2) is 0 Å². The molecule has 7 heteroatoms. The first-order chi connectivity index (χ1) is 17.1. The Morgan fingerprint density at radius 2 is 1.67 bits per heavy atom. The summed E-state index contributed by atoms with van der Waals surface area (Å²) in [6, 6.07) is 16.0. The molecule has 2 amide bonds. The minimum atomic E-state index is -0.171. The predicted octanol–water partition coefficient (Wildman–Crippen LogP) is 3.95. The van der Waals surface area contributed by atoms with Crippen molar-refractivity contribution in [2.45, 2.75) is 19.9 Å². The number of carbonyl (C=O) groups excluding carboxylic acids is 2. The third-order valence-corrected chi connectivity index (χ3v) is 7.03. The van der Waals surface area contributed by atoms with E-state index in [0.29, 0.717) is 11.3 Å². The van der Waals surface area contributed by atoms with Crippen LogP contribution in [0.25, 0.3) is 11.1 Å². The van der Waals surface area contributed by atoms with E-state index >= 15 is 0 Å². The summed E-state index contributed by atoms with van der Waals surface area (Å²) in [5.41, 5.74) is 6.41. The molecule has 0 bridgehead atoms. The molecule has 1 fully saturated rings. The molecule has 1 saturated heterocycles. The van der Waals surface area contributed by atoms with Crippen molar-refractivity contribution in [3.8, 4) is 11.1 Å². The fraction of sp³-hybridized carbons (Fsp3) is 0.379. The Balaban J connectivity index is 1.51. The fourth-order valence-electron chi connectivity index (χ4n) is 4.63. The molecule has 7 nitrogen and oxygen atoms in total. The predicted molar refractivity (Wildman–Crippen MR) is 146 cm³/mol. The van der Waals surface area contributed by atoms with Gasteiger partial charge in [-0.3, -0.25) is 9.59 Å². The van der Waals surface area contributed by atoms with Crippen molar-refractivity contribution in [3.63, 3.8) is 0 Å². The Hall–Kier alpha value is -3.58. The van der Waals surface area contributed by atoms with Crippen LogP contribution in [0.4, 0.5) is 5.69 Å². The van der Waals surface area contributed by atoms with E-state index in [9.17, 15) is 9.59 Å². The molecule has 1 N–H and O–H groups in total. The Labute approximate surface area is 214 Å². The second kappa shape index (κ2) is 10.6. The summed E-state index contributed by atoms with van der Waals surface area (Å²) in [4.78, 5) is 32.0. The summed E-state index contributed by atoms with van der Waals surface area (Å²) in [5.74, 6) is -0.102. The number of aryl methyl sites for hydroxylation is 2. The number of likely N-dealkylation sites (N-methyl/N-ethyl adjacent to an activating group) is 1. The lowest BCUT2D eigenvalue weighted by atomic mass is 10.0. The number of rotatable bonds is 6. The van der Waals surface area contributed by atoms with E-state index in [4.69, 9.17) is 0 Å².